The number of likely N-dealkylation sites (N-methyl/N-ethyl adjacent to an activating group) is 1. The zero-order chi connectivity index (χ0) is 29.0. The molecule has 0 aromatic heterocycles. The van der Waals surface area contributed by atoms with Crippen molar-refractivity contribution in [3.05, 3.63) is 0 Å². The van der Waals surface area contributed by atoms with Gasteiger partial charge in [-0.25, -0.2) is 0 Å². The number of nitrogens with zero attached hydrogens (tertiary/aromatic N) is 1. The average Bonchev–Trinajstić information content (AvgIpc) is 3.26. The topological polar surface area (TPSA) is 73.9 Å². The summed E-state index contributed by atoms with van der Waals surface area (Å²) in [6, 6.07) is 0.416. The van der Waals surface area contributed by atoms with Crippen molar-refractivity contribution in [2.75, 3.05) is 39.8 Å². The van der Waals surface area contributed by atoms with Crippen LogP contribution in [0.1, 0.15) is 98.3 Å². The molecule has 42 heavy (non-hydrogen) atoms. The molecule has 2 heterocycles. The number of piperidine rings is 1. The van der Waals surface area contributed by atoms with E-state index in [1.54, 1.807) is 6.92 Å². The van der Waals surface area contributed by atoms with Crippen LogP contribution in [0.3, 0.4) is 0 Å². The predicted octanol–water partition coefficient (Wildman–Crippen LogP) is 2.11. The second kappa shape index (κ2) is 12.6. The van der Waals surface area contributed by atoms with Crippen molar-refractivity contribution in [2.45, 2.75) is 123 Å². The van der Waals surface area contributed by atoms with Crippen molar-refractivity contribution < 1.29 is 45.3 Å². The van der Waals surface area contributed by atoms with E-state index < -0.39 is 0 Å². The summed E-state index contributed by atoms with van der Waals surface area (Å²) in [6.07, 6.45) is 12.6. The van der Waals surface area contributed by atoms with E-state index in [4.69, 9.17) is 14.2 Å². The van der Waals surface area contributed by atoms with Gasteiger partial charge in [0.1, 0.15) is 12.1 Å². The van der Waals surface area contributed by atoms with E-state index in [-0.39, 0.29) is 64.0 Å². The SMILES string of the molecule is CCC(=O)OC1C([N+]2(C)CCCCC2)C[C@H]2[C@@H]3CCC4CC(OC(C)=O)C(C5CNCCO5)C[C@]4(C)[C@@H]3CC[C@]12C.[Br-]. The van der Waals surface area contributed by atoms with Crippen molar-refractivity contribution in [1.82, 2.24) is 5.32 Å². The normalized spacial score (nSPS) is 46.3. The number of rotatable bonds is 5. The molecular weight excluding hydrogens is 596 g/mol. The summed E-state index contributed by atoms with van der Waals surface area (Å²) in [5.41, 5.74) is 0.285. The molecule has 6 aliphatic rings. The fraction of sp³-hybridized carbons (Fsp3) is 0.941. The zero-order valence-electron chi connectivity index (χ0n) is 26.9. The Morgan fingerprint density at radius 2 is 1.74 bits per heavy atom. The second-order valence-electron chi connectivity index (χ2n) is 15.6. The molecule has 0 aromatic carbocycles. The van der Waals surface area contributed by atoms with Gasteiger partial charge in [0.15, 0.2) is 6.10 Å². The van der Waals surface area contributed by atoms with Crippen molar-refractivity contribution >= 4 is 11.9 Å². The Hall–Kier alpha value is -0.700. The van der Waals surface area contributed by atoms with Crippen LogP contribution in [0.2, 0.25) is 0 Å². The van der Waals surface area contributed by atoms with Crippen molar-refractivity contribution in [3.63, 3.8) is 0 Å². The molecule has 6 fully saturated rings. The highest BCUT2D eigenvalue weighted by molar-refractivity contribution is 5.69. The Kier molecular flexibility index (Phi) is 9.80. The molecular formula is C34H57BrN2O5. The number of quaternary nitrogens is 1. The number of morpholine rings is 1. The van der Waals surface area contributed by atoms with E-state index in [0.717, 1.165) is 43.4 Å². The van der Waals surface area contributed by atoms with Gasteiger partial charge in [-0.1, -0.05) is 20.8 Å². The summed E-state index contributed by atoms with van der Waals surface area (Å²) < 4.78 is 19.9. The lowest BCUT2D eigenvalue weighted by Crippen LogP contribution is -3.00. The molecule has 0 radical (unpaired) electrons. The Bertz CT molecular complexity index is 983. The summed E-state index contributed by atoms with van der Waals surface area (Å²) in [5.74, 6) is 2.60. The van der Waals surface area contributed by atoms with Gasteiger partial charge in [0, 0.05) is 44.2 Å². The molecule has 6 rings (SSSR count). The summed E-state index contributed by atoms with van der Waals surface area (Å²) in [5, 5.41) is 3.54. The first-order valence-corrected chi connectivity index (χ1v) is 17.1. The number of hydrogen-bond acceptors (Lipinski definition) is 6. The fourth-order valence-electron chi connectivity index (χ4n) is 11.5. The van der Waals surface area contributed by atoms with Crippen LogP contribution in [0.5, 0.6) is 0 Å². The van der Waals surface area contributed by atoms with E-state index >= 15 is 0 Å². The third-order valence-corrected chi connectivity index (χ3v) is 13.6. The van der Waals surface area contributed by atoms with Crippen LogP contribution >= 0.6 is 0 Å². The van der Waals surface area contributed by atoms with Crippen LogP contribution < -0.4 is 22.3 Å². The smallest absolute Gasteiger partial charge is 0.306 e. The molecule has 0 aromatic rings. The lowest BCUT2D eigenvalue weighted by Gasteiger charge is -2.62. The molecule has 0 amide bonds. The van der Waals surface area contributed by atoms with Gasteiger partial charge in [-0.15, -0.1) is 0 Å². The minimum Gasteiger partial charge on any atom is -1.00 e. The third kappa shape index (κ3) is 5.62. The van der Waals surface area contributed by atoms with Gasteiger partial charge in [0.25, 0.3) is 0 Å². The molecule has 2 aliphatic heterocycles. The van der Waals surface area contributed by atoms with Gasteiger partial charge >= 0.3 is 11.9 Å². The number of carbonyl (C=O) groups is 2. The number of nitrogens with one attached hydrogen (secondary N) is 1. The van der Waals surface area contributed by atoms with Crippen LogP contribution in [0, 0.1) is 40.4 Å². The quantitative estimate of drug-likeness (QED) is 0.362. The van der Waals surface area contributed by atoms with Gasteiger partial charge in [0.05, 0.1) is 32.8 Å². The van der Waals surface area contributed by atoms with Crippen LogP contribution in [0.4, 0.5) is 0 Å². The number of fused-ring (bicyclic) bond motifs is 5. The van der Waals surface area contributed by atoms with Gasteiger partial charge < -0.3 is 41.0 Å². The second-order valence-corrected chi connectivity index (χ2v) is 15.6. The minimum absolute atomic E-state index is 0. The zero-order valence-corrected chi connectivity index (χ0v) is 28.5. The van der Waals surface area contributed by atoms with Crippen LogP contribution in [0.25, 0.3) is 0 Å². The predicted molar refractivity (Wildman–Crippen MR) is 158 cm³/mol. The number of halogens is 1. The monoisotopic (exact) mass is 652 g/mol. The first kappa shape index (κ1) is 32.7. The van der Waals surface area contributed by atoms with E-state index in [9.17, 15) is 9.59 Å². The van der Waals surface area contributed by atoms with Crippen molar-refractivity contribution in [3.8, 4) is 0 Å². The summed E-state index contributed by atoms with van der Waals surface area (Å²) in [7, 11) is 2.46. The Morgan fingerprint density at radius 1 is 0.976 bits per heavy atom. The molecule has 0 bridgehead atoms. The standard InChI is InChI=1S/C34H57N2O5.BrH/c1-6-31(38)41-32-28(36(5)15-8-7-9-16-36)19-27-24-11-10-23-18-29(40-22(2)37)25(30-21-35-14-17-39-30)20-34(23,4)26(24)12-13-33(27,32)3;/h23-30,32,35H,6-21H2,1-5H3;1H/q+1;/p-1/t23?,24-,25?,26-,27+,28?,29?,30?,32?,33+,34+;/m1./s1. The lowest BCUT2D eigenvalue weighted by molar-refractivity contribution is -0.940. The maximum atomic E-state index is 12.9. The van der Waals surface area contributed by atoms with Crippen molar-refractivity contribution in [1.29, 1.82) is 0 Å². The highest BCUT2D eigenvalue weighted by atomic mass is 79.9. The highest BCUT2D eigenvalue weighted by Gasteiger charge is 2.67. The number of carbonyl (C=O) groups excluding carboxylic acids is 2. The first-order valence-electron chi connectivity index (χ1n) is 17.1. The minimum atomic E-state index is -0.159. The van der Waals surface area contributed by atoms with E-state index in [0.29, 0.717) is 36.1 Å². The van der Waals surface area contributed by atoms with E-state index in [1.165, 1.54) is 58.0 Å². The number of hydrogen-bond donors (Lipinski definition) is 1. The Morgan fingerprint density at radius 3 is 2.40 bits per heavy atom. The molecule has 240 valence electrons. The number of ether oxygens (including phenoxy) is 3. The molecule has 8 heteroatoms. The molecule has 1 N–H and O–H groups in total. The van der Waals surface area contributed by atoms with Crippen molar-refractivity contribution in [2.24, 2.45) is 40.4 Å². The maximum Gasteiger partial charge on any atom is 0.306 e. The Labute approximate surface area is 264 Å². The van der Waals surface area contributed by atoms with Gasteiger partial charge in [-0.3, -0.25) is 9.59 Å². The molecule has 7 nitrogen and oxygen atoms in total. The third-order valence-electron chi connectivity index (χ3n) is 13.6. The molecule has 2 saturated heterocycles. The summed E-state index contributed by atoms with van der Waals surface area (Å²) >= 11 is 0. The van der Waals surface area contributed by atoms with E-state index in [1.807, 2.05) is 6.92 Å². The summed E-state index contributed by atoms with van der Waals surface area (Å²) in [6.45, 7) is 13.5. The fourth-order valence-corrected chi connectivity index (χ4v) is 11.5. The molecule has 4 saturated carbocycles. The number of likely N-dealkylation sites (tertiary alicyclic amines) is 1. The maximum absolute atomic E-state index is 12.9. The summed E-state index contributed by atoms with van der Waals surface area (Å²) in [4.78, 5) is 25.0. The van der Waals surface area contributed by atoms with Gasteiger partial charge in [-0.2, -0.15) is 0 Å². The largest absolute Gasteiger partial charge is 1.00 e. The van der Waals surface area contributed by atoms with Crippen LogP contribution in [0.15, 0.2) is 0 Å². The molecule has 11 atom stereocenters. The highest BCUT2D eigenvalue weighted by Crippen LogP contribution is 2.68. The first-order chi connectivity index (χ1) is 19.6. The average molecular weight is 654 g/mol. The van der Waals surface area contributed by atoms with Crippen LogP contribution in [-0.2, 0) is 23.8 Å². The van der Waals surface area contributed by atoms with E-state index in [2.05, 4.69) is 26.2 Å². The van der Waals surface area contributed by atoms with Crippen LogP contribution in [-0.4, -0.2) is 80.6 Å². The molecule has 6 unspecified atom stereocenters. The Balaban J connectivity index is 0.00000353. The van der Waals surface area contributed by atoms with Gasteiger partial charge in [-0.05, 0) is 86.9 Å². The molecule has 0 spiro atoms. The van der Waals surface area contributed by atoms with Gasteiger partial charge in [0.2, 0.25) is 0 Å². The number of esters is 2. The molecule has 4 aliphatic carbocycles. The lowest BCUT2D eigenvalue weighted by atomic mass is 9.44.